The standard InChI is InChI=1S/C57H104F2N2O9/c1-3-5-7-9-11-13-15-17-18-19-20-21-22-23-24-25-26-27-28-30-32-34-36-38-42-60-49(52(63)50(62)39-37-35-33-31-29-16-14-12-10-8-6-4-2)44-68-56-55(66)54(65)53(64)51(70-56)45-69-57(67)61-48-41-40-46(58)43-47(48)59/h40-41,43,49-56,60,62-66H,3-39,42,44-45H2,1-2H3,(H,61,67)/t49-,50+,51+,52-,53-,54-,55+,56+/m0/s1. The molecule has 70 heavy (non-hydrogen) atoms. The predicted octanol–water partition coefficient (Wildman–Crippen LogP) is 13.5. The Morgan fingerprint density at radius 2 is 1.00 bits per heavy atom. The van der Waals surface area contributed by atoms with E-state index in [0.29, 0.717) is 19.0 Å². The third-order valence-electron chi connectivity index (χ3n) is 14.3. The molecule has 1 aliphatic rings. The first-order chi connectivity index (χ1) is 34.1. The van der Waals surface area contributed by atoms with E-state index >= 15 is 0 Å². The van der Waals surface area contributed by atoms with Crippen molar-refractivity contribution >= 4 is 11.8 Å². The number of aliphatic hydroxyl groups is 5. The van der Waals surface area contributed by atoms with Crippen LogP contribution in [0.1, 0.15) is 251 Å². The largest absolute Gasteiger partial charge is 0.446 e. The van der Waals surface area contributed by atoms with Gasteiger partial charge in [0.25, 0.3) is 0 Å². The van der Waals surface area contributed by atoms with Crippen LogP contribution in [0, 0.1) is 11.6 Å². The second-order valence-electron chi connectivity index (χ2n) is 20.6. The van der Waals surface area contributed by atoms with Crippen molar-refractivity contribution in [3.8, 4) is 0 Å². The topological polar surface area (TPSA) is 170 Å². The van der Waals surface area contributed by atoms with Crippen molar-refractivity contribution in [3.63, 3.8) is 0 Å². The smallest absolute Gasteiger partial charge is 0.411 e. The van der Waals surface area contributed by atoms with Crippen molar-refractivity contribution in [2.24, 2.45) is 0 Å². The molecule has 410 valence electrons. The van der Waals surface area contributed by atoms with Crippen LogP contribution >= 0.6 is 0 Å². The first kappa shape index (κ1) is 64.1. The summed E-state index contributed by atoms with van der Waals surface area (Å²) < 4.78 is 44.1. The highest BCUT2D eigenvalue weighted by Crippen LogP contribution is 2.25. The summed E-state index contributed by atoms with van der Waals surface area (Å²) in [5.74, 6) is -1.83. The molecule has 1 saturated heterocycles. The summed E-state index contributed by atoms with van der Waals surface area (Å²) in [7, 11) is 0. The van der Waals surface area contributed by atoms with Gasteiger partial charge in [0, 0.05) is 6.07 Å². The van der Waals surface area contributed by atoms with Crippen molar-refractivity contribution in [1.82, 2.24) is 5.32 Å². The fraction of sp³-hybridized carbons (Fsp3) is 0.877. The summed E-state index contributed by atoms with van der Waals surface area (Å²) in [5.41, 5.74) is -0.322. The number of amides is 1. The number of ether oxygens (including phenoxy) is 3. The van der Waals surface area contributed by atoms with Gasteiger partial charge in [-0.2, -0.15) is 0 Å². The van der Waals surface area contributed by atoms with Crippen LogP contribution < -0.4 is 10.6 Å². The highest BCUT2D eigenvalue weighted by Gasteiger charge is 2.45. The summed E-state index contributed by atoms with van der Waals surface area (Å²) in [5, 5.41) is 60.0. The Morgan fingerprint density at radius 1 is 0.586 bits per heavy atom. The van der Waals surface area contributed by atoms with Crippen molar-refractivity contribution in [3.05, 3.63) is 29.8 Å². The maximum absolute atomic E-state index is 14.0. The SMILES string of the molecule is CCCCCCCCCCCCCCCCCCCCCCCCCCN[C@@H](CO[C@@H]1O[C@H](COC(=O)Nc2ccc(F)cc2F)[C@H](O)[C@H](O)[C@H]1O)[C@H](O)[C@H](O)CCCCCCCCCCCCCC. The number of rotatable bonds is 47. The van der Waals surface area contributed by atoms with Crippen LogP contribution in [0.4, 0.5) is 19.3 Å². The van der Waals surface area contributed by atoms with Gasteiger partial charge in [0.05, 0.1) is 30.5 Å². The van der Waals surface area contributed by atoms with Crippen LogP contribution in [-0.2, 0) is 14.2 Å². The van der Waals surface area contributed by atoms with Crippen molar-refractivity contribution in [1.29, 1.82) is 0 Å². The number of carbonyl (C=O) groups is 1. The number of hydrogen-bond acceptors (Lipinski definition) is 10. The van der Waals surface area contributed by atoms with E-state index in [1.807, 2.05) is 0 Å². The van der Waals surface area contributed by atoms with E-state index in [4.69, 9.17) is 14.2 Å². The molecule has 0 unspecified atom stereocenters. The Hall–Kier alpha value is -1.97. The van der Waals surface area contributed by atoms with Gasteiger partial charge in [-0.25, -0.2) is 13.6 Å². The number of benzene rings is 1. The van der Waals surface area contributed by atoms with Gasteiger partial charge in [-0.05, 0) is 31.5 Å². The first-order valence-corrected chi connectivity index (χ1v) is 28.9. The Kier molecular flexibility index (Phi) is 39.8. The Balaban J connectivity index is 1.70. The second kappa shape index (κ2) is 43.4. The zero-order valence-electron chi connectivity index (χ0n) is 44.3. The first-order valence-electron chi connectivity index (χ1n) is 28.9. The molecule has 0 aliphatic carbocycles. The van der Waals surface area contributed by atoms with Crippen LogP contribution in [0.5, 0.6) is 0 Å². The molecule has 0 saturated carbocycles. The molecule has 1 amide bonds. The second-order valence-corrected chi connectivity index (χ2v) is 20.6. The van der Waals surface area contributed by atoms with Gasteiger partial charge in [-0.1, -0.05) is 239 Å². The fourth-order valence-corrected chi connectivity index (χ4v) is 9.57. The molecule has 13 heteroatoms. The molecule has 7 N–H and O–H groups in total. The van der Waals surface area contributed by atoms with Gasteiger partial charge in [0.2, 0.25) is 0 Å². The molecule has 0 bridgehead atoms. The molecule has 0 radical (unpaired) electrons. The van der Waals surface area contributed by atoms with Gasteiger partial charge in [-0.15, -0.1) is 0 Å². The number of carbonyl (C=O) groups excluding carboxylic acids is 1. The van der Waals surface area contributed by atoms with Crippen LogP contribution in [0.2, 0.25) is 0 Å². The van der Waals surface area contributed by atoms with Gasteiger partial charge in [0.15, 0.2) is 6.29 Å². The normalized spacial score (nSPS) is 19.6. The predicted molar refractivity (Wildman–Crippen MR) is 280 cm³/mol. The molecule has 0 aromatic heterocycles. The lowest BCUT2D eigenvalue weighted by Crippen LogP contribution is -2.60. The zero-order chi connectivity index (χ0) is 50.9. The Bertz CT molecular complexity index is 1370. The highest BCUT2D eigenvalue weighted by molar-refractivity contribution is 5.84. The maximum atomic E-state index is 14.0. The number of unbranched alkanes of at least 4 members (excludes halogenated alkanes) is 34. The van der Waals surface area contributed by atoms with Crippen LogP contribution in [0.15, 0.2) is 18.2 Å². The average molecular weight is 999 g/mol. The van der Waals surface area contributed by atoms with Gasteiger partial charge in [0.1, 0.15) is 42.7 Å². The van der Waals surface area contributed by atoms with Crippen molar-refractivity contribution in [2.75, 3.05) is 25.1 Å². The lowest BCUT2D eigenvalue weighted by atomic mass is 9.98. The number of hydrogen-bond donors (Lipinski definition) is 7. The average Bonchev–Trinajstić information content (AvgIpc) is 3.35. The number of nitrogens with one attached hydrogen (secondary N) is 2. The summed E-state index contributed by atoms with van der Waals surface area (Å²) in [6.45, 7) is 4.30. The summed E-state index contributed by atoms with van der Waals surface area (Å²) in [6.07, 6.45) is 35.3. The molecular weight excluding hydrogens is 895 g/mol. The third-order valence-corrected chi connectivity index (χ3v) is 14.3. The molecular formula is C57H104F2N2O9. The van der Waals surface area contributed by atoms with E-state index in [1.165, 1.54) is 193 Å². The molecule has 1 fully saturated rings. The highest BCUT2D eigenvalue weighted by atomic mass is 19.1. The van der Waals surface area contributed by atoms with E-state index in [2.05, 4.69) is 24.5 Å². The number of halogens is 2. The van der Waals surface area contributed by atoms with Crippen LogP contribution in [0.3, 0.4) is 0 Å². The zero-order valence-corrected chi connectivity index (χ0v) is 44.3. The fourth-order valence-electron chi connectivity index (χ4n) is 9.57. The molecule has 2 rings (SSSR count). The summed E-state index contributed by atoms with van der Waals surface area (Å²) in [4.78, 5) is 12.4. The van der Waals surface area contributed by atoms with Crippen molar-refractivity contribution < 1.29 is 53.3 Å². The summed E-state index contributed by atoms with van der Waals surface area (Å²) in [6, 6.07) is 1.86. The lowest BCUT2D eigenvalue weighted by Gasteiger charge is -2.40. The number of aliphatic hydroxyl groups excluding tert-OH is 5. The van der Waals surface area contributed by atoms with Crippen molar-refractivity contribution in [2.45, 2.75) is 300 Å². The van der Waals surface area contributed by atoms with Gasteiger partial charge < -0.3 is 45.1 Å². The van der Waals surface area contributed by atoms with Gasteiger partial charge >= 0.3 is 6.09 Å². The third kappa shape index (κ3) is 31.6. The monoisotopic (exact) mass is 999 g/mol. The Labute approximate surface area is 424 Å². The molecule has 8 atom stereocenters. The van der Waals surface area contributed by atoms with Crippen LogP contribution in [0.25, 0.3) is 0 Å². The molecule has 0 spiro atoms. The molecule has 1 aromatic carbocycles. The van der Waals surface area contributed by atoms with Gasteiger partial charge in [-0.3, -0.25) is 5.32 Å². The Morgan fingerprint density at radius 3 is 1.43 bits per heavy atom. The van der Waals surface area contributed by atoms with E-state index in [0.717, 1.165) is 50.7 Å². The van der Waals surface area contributed by atoms with E-state index < -0.39 is 73.3 Å². The quantitative estimate of drug-likeness (QED) is 0.0312. The lowest BCUT2D eigenvalue weighted by molar-refractivity contribution is -0.302. The molecule has 1 aliphatic heterocycles. The molecule has 1 heterocycles. The van der Waals surface area contributed by atoms with E-state index in [9.17, 15) is 39.1 Å². The number of anilines is 1. The summed E-state index contributed by atoms with van der Waals surface area (Å²) >= 11 is 0. The van der Waals surface area contributed by atoms with Crippen LogP contribution in [-0.4, -0.2) is 100 Å². The minimum Gasteiger partial charge on any atom is -0.446 e. The minimum absolute atomic E-state index is 0.196. The maximum Gasteiger partial charge on any atom is 0.411 e. The van der Waals surface area contributed by atoms with E-state index in [1.54, 1.807) is 0 Å². The van der Waals surface area contributed by atoms with E-state index in [-0.39, 0.29) is 12.3 Å². The minimum atomic E-state index is -1.73. The molecule has 11 nitrogen and oxygen atoms in total. The molecule has 1 aromatic rings.